The van der Waals surface area contributed by atoms with Gasteiger partial charge >= 0.3 is 0 Å². The van der Waals surface area contributed by atoms with Crippen LogP contribution in [0.25, 0.3) is 0 Å². The van der Waals surface area contributed by atoms with Crippen LogP contribution in [-0.4, -0.2) is 29.5 Å². The summed E-state index contributed by atoms with van der Waals surface area (Å²) >= 11 is 1.98. The highest BCUT2D eigenvalue weighted by Crippen LogP contribution is 2.20. The van der Waals surface area contributed by atoms with E-state index < -0.39 is 0 Å². The van der Waals surface area contributed by atoms with Crippen molar-refractivity contribution < 1.29 is 5.11 Å². The average Bonchev–Trinajstić information content (AvgIpc) is 2.47. The lowest BCUT2D eigenvalue weighted by atomic mass is 9.91. The summed E-state index contributed by atoms with van der Waals surface area (Å²) in [7, 11) is 0. The normalized spacial score (nSPS) is 14.3. The fourth-order valence-electron chi connectivity index (χ4n) is 2.29. The zero-order valence-electron chi connectivity index (χ0n) is 12.2. The molecular formula is C16H27NOS. The molecule has 0 heterocycles. The van der Waals surface area contributed by atoms with Crippen molar-refractivity contribution in [2.45, 2.75) is 44.4 Å². The van der Waals surface area contributed by atoms with Crippen LogP contribution in [0.15, 0.2) is 30.3 Å². The predicted molar refractivity (Wildman–Crippen MR) is 85.6 cm³/mol. The van der Waals surface area contributed by atoms with Crippen molar-refractivity contribution >= 4 is 11.8 Å². The van der Waals surface area contributed by atoms with E-state index in [9.17, 15) is 5.11 Å². The van der Waals surface area contributed by atoms with Gasteiger partial charge < -0.3 is 10.4 Å². The lowest BCUT2D eigenvalue weighted by molar-refractivity contribution is 0.148. The van der Waals surface area contributed by atoms with Crippen LogP contribution in [0.1, 0.15) is 38.7 Å². The van der Waals surface area contributed by atoms with E-state index in [1.807, 2.05) is 11.8 Å². The second kappa shape index (κ2) is 9.40. The van der Waals surface area contributed by atoms with Gasteiger partial charge in [0.05, 0.1) is 6.61 Å². The summed E-state index contributed by atoms with van der Waals surface area (Å²) in [5.74, 6) is 2.24. The van der Waals surface area contributed by atoms with Crippen LogP contribution in [0, 0.1) is 0 Å². The maximum Gasteiger partial charge on any atom is 0.0613 e. The van der Waals surface area contributed by atoms with Crippen LogP contribution in [0.5, 0.6) is 0 Å². The SMILES string of the molecule is CCNC(CC)(CO)CCCSCc1ccccc1. The molecule has 108 valence electrons. The highest BCUT2D eigenvalue weighted by atomic mass is 32.2. The Balaban J connectivity index is 2.22. The summed E-state index contributed by atoms with van der Waals surface area (Å²) < 4.78 is 0. The lowest BCUT2D eigenvalue weighted by Gasteiger charge is -2.31. The molecule has 0 fully saturated rings. The Hall–Kier alpha value is -0.510. The molecule has 1 aromatic carbocycles. The van der Waals surface area contributed by atoms with Crippen molar-refractivity contribution in [2.75, 3.05) is 18.9 Å². The first-order valence-corrected chi connectivity index (χ1v) is 8.39. The molecule has 0 saturated carbocycles. The van der Waals surface area contributed by atoms with Gasteiger partial charge in [0.2, 0.25) is 0 Å². The Bertz CT molecular complexity index is 325. The summed E-state index contributed by atoms with van der Waals surface area (Å²) in [4.78, 5) is 0. The van der Waals surface area contributed by atoms with E-state index in [0.717, 1.165) is 37.3 Å². The van der Waals surface area contributed by atoms with Crippen LogP contribution in [0.4, 0.5) is 0 Å². The molecule has 0 radical (unpaired) electrons. The molecule has 0 bridgehead atoms. The third kappa shape index (κ3) is 5.98. The number of thioether (sulfide) groups is 1. The lowest BCUT2D eigenvalue weighted by Crippen LogP contribution is -2.48. The highest BCUT2D eigenvalue weighted by Gasteiger charge is 2.24. The maximum absolute atomic E-state index is 9.57. The number of rotatable bonds is 10. The van der Waals surface area contributed by atoms with E-state index >= 15 is 0 Å². The quantitative estimate of drug-likeness (QED) is 0.644. The van der Waals surface area contributed by atoms with Crippen molar-refractivity contribution in [2.24, 2.45) is 0 Å². The standard InChI is InChI=1S/C16H27NOS/c1-3-16(14-18,17-4-2)11-8-12-19-13-15-9-6-5-7-10-15/h5-7,9-10,17-18H,3-4,8,11-14H2,1-2H3. The van der Waals surface area contributed by atoms with Gasteiger partial charge in [0.15, 0.2) is 0 Å². The van der Waals surface area contributed by atoms with Crippen LogP contribution in [0.2, 0.25) is 0 Å². The van der Waals surface area contributed by atoms with Gasteiger partial charge in [0, 0.05) is 11.3 Å². The molecule has 1 unspecified atom stereocenters. The smallest absolute Gasteiger partial charge is 0.0613 e. The van der Waals surface area contributed by atoms with Gasteiger partial charge in [-0.25, -0.2) is 0 Å². The fourth-order valence-corrected chi connectivity index (χ4v) is 3.21. The van der Waals surface area contributed by atoms with E-state index in [4.69, 9.17) is 0 Å². The van der Waals surface area contributed by atoms with Gasteiger partial charge in [0.25, 0.3) is 0 Å². The molecule has 2 nitrogen and oxygen atoms in total. The van der Waals surface area contributed by atoms with Crippen LogP contribution < -0.4 is 5.32 Å². The molecule has 0 amide bonds. The minimum atomic E-state index is -0.0674. The van der Waals surface area contributed by atoms with Gasteiger partial charge in [-0.2, -0.15) is 11.8 Å². The molecule has 1 rings (SSSR count). The average molecular weight is 281 g/mol. The molecule has 0 aliphatic heterocycles. The van der Waals surface area contributed by atoms with Crippen molar-refractivity contribution in [1.82, 2.24) is 5.32 Å². The third-order valence-electron chi connectivity index (χ3n) is 3.59. The van der Waals surface area contributed by atoms with Crippen molar-refractivity contribution in [1.29, 1.82) is 0 Å². The largest absolute Gasteiger partial charge is 0.394 e. The summed E-state index contributed by atoms with van der Waals surface area (Å²) in [6.07, 6.45) is 3.19. The topological polar surface area (TPSA) is 32.3 Å². The number of nitrogens with one attached hydrogen (secondary N) is 1. The molecule has 0 aromatic heterocycles. The van der Waals surface area contributed by atoms with Crippen molar-refractivity contribution in [3.63, 3.8) is 0 Å². The van der Waals surface area contributed by atoms with E-state index in [1.165, 1.54) is 5.56 Å². The minimum Gasteiger partial charge on any atom is -0.394 e. The van der Waals surface area contributed by atoms with Gasteiger partial charge in [-0.15, -0.1) is 0 Å². The zero-order valence-corrected chi connectivity index (χ0v) is 13.0. The number of hydrogen-bond acceptors (Lipinski definition) is 3. The molecule has 1 aromatic rings. The number of benzene rings is 1. The number of aliphatic hydroxyl groups is 1. The maximum atomic E-state index is 9.57. The molecule has 0 aliphatic carbocycles. The van der Waals surface area contributed by atoms with E-state index in [-0.39, 0.29) is 12.1 Å². The van der Waals surface area contributed by atoms with Crippen molar-refractivity contribution in [3.05, 3.63) is 35.9 Å². The van der Waals surface area contributed by atoms with Crippen LogP contribution in [-0.2, 0) is 5.75 Å². The highest BCUT2D eigenvalue weighted by molar-refractivity contribution is 7.98. The monoisotopic (exact) mass is 281 g/mol. The predicted octanol–water partition coefficient (Wildman–Crippen LogP) is 3.45. The molecule has 19 heavy (non-hydrogen) atoms. The van der Waals surface area contributed by atoms with E-state index in [0.29, 0.717) is 0 Å². The Morgan fingerprint density at radius 1 is 1.21 bits per heavy atom. The van der Waals surface area contributed by atoms with Gasteiger partial charge in [-0.3, -0.25) is 0 Å². The first-order valence-electron chi connectivity index (χ1n) is 7.24. The minimum absolute atomic E-state index is 0.0674. The Kier molecular flexibility index (Phi) is 8.19. The van der Waals surface area contributed by atoms with Crippen LogP contribution in [0.3, 0.4) is 0 Å². The zero-order chi connectivity index (χ0) is 14.0. The van der Waals surface area contributed by atoms with Crippen molar-refractivity contribution in [3.8, 4) is 0 Å². The molecular weight excluding hydrogens is 254 g/mol. The number of likely N-dealkylation sites (N-methyl/N-ethyl adjacent to an activating group) is 1. The molecule has 0 saturated heterocycles. The molecule has 2 N–H and O–H groups in total. The number of aliphatic hydroxyl groups excluding tert-OH is 1. The molecule has 1 atom stereocenters. The van der Waals surface area contributed by atoms with E-state index in [2.05, 4.69) is 49.5 Å². The second-order valence-corrected chi connectivity index (χ2v) is 6.07. The Labute approximate surface area is 122 Å². The molecule has 0 spiro atoms. The molecule has 0 aliphatic rings. The summed E-state index contributed by atoms with van der Waals surface area (Å²) in [6.45, 7) is 5.41. The summed E-state index contributed by atoms with van der Waals surface area (Å²) in [5, 5.41) is 13.0. The second-order valence-electron chi connectivity index (χ2n) is 4.96. The first kappa shape index (κ1) is 16.5. The van der Waals surface area contributed by atoms with E-state index in [1.54, 1.807) is 0 Å². The Morgan fingerprint density at radius 2 is 1.95 bits per heavy atom. The summed E-state index contributed by atoms with van der Waals surface area (Å²) in [5.41, 5.74) is 1.32. The third-order valence-corrected chi connectivity index (χ3v) is 4.70. The fraction of sp³-hybridized carbons (Fsp3) is 0.625. The molecule has 3 heteroatoms. The van der Waals surface area contributed by atoms with Crippen LogP contribution >= 0.6 is 11.8 Å². The first-order chi connectivity index (χ1) is 9.26. The number of hydrogen-bond donors (Lipinski definition) is 2. The van der Waals surface area contributed by atoms with Gasteiger partial charge in [-0.05, 0) is 37.1 Å². The summed E-state index contributed by atoms with van der Waals surface area (Å²) in [6, 6.07) is 10.6. The van der Waals surface area contributed by atoms with Gasteiger partial charge in [-0.1, -0.05) is 44.2 Å². The Morgan fingerprint density at radius 3 is 2.53 bits per heavy atom. The van der Waals surface area contributed by atoms with Gasteiger partial charge in [0.1, 0.15) is 0 Å².